The van der Waals surface area contributed by atoms with E-state index in [4.69, 9.17) is 4.74 Å². The summed E-state index contributed by atoms with van der Waals surface area (Å²) in [5, 5.41) is 6.03. The molecule has 0 aromatic heterocycles. The van der Waals surface area contributed by atoms with Gasteiger partial charge in [0.1, 0.15) is 0 Å². The minimum Gasteiger partial charge on any atom is -0.378 e. The van der Waals surface area contributed by atoms with E-state index in [9.17, 15) is 9.59 Å². The number of ether oxygens (including phenoxy) is 1. The molecule has 20 heavy (non-hydrogen) atoms. The van der Waals surface area contributed by atoms with Crippen molar-refractivity contribution in [3.63, 3.8) is 0 Å². The number of nitrogens with zero attached hydrogens (tertiary/aromatic N) is 1. The maximum Gasteiger partial charge on any atom is 0.239 e. The first-order chi connectivity index (χ1) is 9.49. The van der Waals surface area contributed by atoms with Crippen LogP contribution in [0.5, 0.6) is 0 Å². The fourth-order valence-corrected chi connectivity index (χ4v) is 2.14. The van der Waals surface area contributed by atoms with Gasteiger partial charge < -0.3 is 20.3 Å². The number of nitrogens with one attached hydrogen (secondary N) is 2. The number of carbonyl (C=O) groups excluding carboxylic acids is 2. The van der Waals surface area contributed by atoms with Gasteiger partial charge in [-0.2, -0.15) is 0 Å². The van der Waals surface area contributed by atoms with Gasteiger partial charge >= 0.3 is 0 Å². The van der Waals surface area contributed by atoms with E-state index < -0.39 is 0 Å². The Morgan fingerprint density at radius 1 is 1.35 bits per heavy atom. The van der Waals surface area contributed by atoms with Gasteiger partial charge in [-0.25, -0.2) is 0 Å². The highest BCUT2D eigenvalue weighted by molar-refractivity contribution is 5.84. The van der Waals surface area contributed by atoms with Crippen molar-refractivity contribution in [3.05, 3.63) is 0 Å². The van der Waals surface area contributed by atoms with E-state index >= 15 is 0 Å². The van der Waals surface area contributed by atoms with Crippen LogP contribution in [0.15, 0.2) is 0 Å². The zero-order valence-electron chi connectivity index (χ0n) is 12.8. The minimum atomic E-state index is -0.130. The number of likely N-dealkylation sites (N-methyl/N-ethyl adjacent to an activating group) is 1. The molecule has 1 aliphatic rings. The molecule has 1 aliphatic heterocycles. The van der Waals surface area contributed by atoms with Gasteiger partial charge in [0.2, 0.25) is 11.8 Å². The molecule has 0 unspecified atom stereocenters. The van der Waals surface area contributed by atoms with Crippen molar-refractivity contribution in [1.29, 1.82) is 0 Å². The normalized spacial score (nSPS) is 16.2. The second-order valence-electron chi connectivity index (χ2n) is 5.54. The molecule has 0 aromatic carbocycles. The molecule has 116 valence electrons. The fourth-order valence-electron chi connectivity index (χ4n) is 2.14. The summed E-state index contributed by atoms with van der Waals surface area (Å²) in [7, 11) is 1.65. The monoisotopic (exact) mass is 285 g/mol. The maximum atomic E-state index is 11.9. The van der Waals surface area contributed by atoms with Crippen LogP contribution < -0.4 is 10.6 Å². The molecule has 1 saturated heterocycles. The summed E-state index contributed by atoms with van der Waals surface area (Å²) in [6, 6.07) is 0.0919. The van der Waals surface area contributed by atoms with Crippen LogP contribution in [-0.4, -0.2) is 62.1 Å². The second-order valence-corrected chi connectivity index (χ2v) is 5.54. The van der Waals surface area contributed by atoms with Gasteiger partial charge in [0.05, 0.1) is 25.7 Å². The van der Waals surface area contributed by atoms with Gasteiger partial charge in [0.15, 0.2) is 0 Å². The molecular weight excluding hydrogens is 258 g/mol. The summed E-state index contributed by atoms with van der Waals surface area (Å²) in [5.74, 6) is -0.187. The SMILES string of the molecule is CC(C)NC(=O)CN(C)C(=O)CCOC1CCNCC1. The topological polar surface area (TPSA) is 70.7 Å². The fraction of sp³-hybridized carbons (Fsp3) is 0.857. The first kappa shape index (κ1) is 16.9. The largest absolute Gasteiger partial charge is 0.378 e. The molecule has 0 spiro atoms. The summed E-state index contributed by atoms with van der Waals surface area (Å²) in [5.41, 5.74) is 0. The lowest BCUT2D eigenvalue weighted by Gasteiger charge is -2.23. The standard InChI is InChI=1S/C14H27N3O3/c1-11(2)16-13(18)10-17(3)14(19)6-9-20-12-4-7-15-8-5-12/h11-12,15H,4-10H2,1-3H3,(H,16,18). The average Bonchev–Trinajstić information content (AvgIpc) is 2.38. The van der Waals surface area contributed by atoms with Gasteiger partial charge in [-0.3, -0.25) is 9.59 Å². The van der Waals surface area contributed by atoms with Crippen molar-refractivity contribution in [3.8, 4) is 0 Å². The molecule has 6 heteroatoms. The van der Waals surface area contributed by atoms with Crippen LogP contribution in [0.1, 0.15) is 33.1 Å². The number of hydrogen-bond acceptors (Lipinski definition) is 4. The van der Waals surface area contributed by atoms with Crippen molar-refractivity contribution in [1.82, 2.24) is 15.5 Å². The molecule has 0 aliphatic carbocycles. The Morgan fingerprint density at radius 3 is 2.60 bits per heavy atom. The molecule has 0 saturated carbocycles. The van der Waals surface area contributed by atoms with Gasteiger partial charge in [-0.1, -0.05) is 0 Å². The zero-order chi connectivity index (χ0) is 15.0. The van der Waals surface area contributed by atoms with Crippen LogP contribution in [0.25, 0.3) is 0 Å². The molecule has 0 radical (unpaired) electrons. The second kappa shape index (κ2) is 8.92. The third-order valence-electron chi connectivity index (χ3n) is 3.21. The van der Waals surface area contributed by atoms with E-state index in [1.165, 1.54) is 4.90 Å². The summed E-state index contributed by atoms with van der Waals surface area (Å²) in [6.07, 6.45) is 2.59. The first-order valence-electron chi connectivity index (χ1n) is 7.34. The van der Waals surface area contributed by atoms with Gasteiger partial charge in [-0.15, -0.1) is 0 Å². The summed E-state index contributed by atoms with van der Waals surface area (Å²) >= 11 is 0. The predicted molar refractivity (Wildman–Crippen MR) is 77.4 cm³/mol. The third kappa shape index (κ3) is 6.86. The smallest absolute Gasteiger partial charge is 0.239 e. The summed E-state index contributed by atoms with van der Waals surface area (Å²) < 4.78 is 5.69. The lowest BCUT2D eigenvalue weighted by atomic mass is 10.1. The predicted octanol–water partition coefficient (Wildman–Crippen LogP) is 0.128. The molecule has 0 aromatic rings. The van der Waals surface area contributed by atoms with Gasteiger partial charge in [0.25, 0.3) is 0 Å². The molecule has 0 atom stereocenters. The Balaban J connectivity index is 2.15. The zero-order valence-corrected chi connectivity index (χ0v) is 12.8. The number of carbonyl (C=O) groups is 2. The summed E-state index contributed by atoms with van der Waals surface area (Å²) in [6.45, 7) is 6.28. The third-order valence-corrected chi connectivity index (χ3v) is 3.21. The van der Waals surface area contributed by atoms with E-state index in [1.54, 1.807) is 7.05 Å². The highest BCUT2D eigenvalue weighted by Gasteiger charge is 2.16. The molecule has 1 rings (SSSR count). The molecule has 1 heterocycles. The van der Waals surface area contributed by atoms with Gasteiger partial charge in [0, 0.05) is 13.1 Å². The van der Waals surface area contributed by atoms with Crippen molar-refractivity contribution in [2.45, 2.75) is 45.3 Å². The molecule has 2 N–H and O–H groups in total. The van der Waals surface area contributed by atoms with E-state index in [2.05, 4.69) is 10.6 Å². The first-order valence-corrected chi connectivity index (χ1v) is 7.34. The Hall–Kier alpha value is -1.14. The van der Waals surface area contributed by atoms with Crippen LogP contribution in [0.4, 0.5) is 0 Å². The highest BCUT2D eigenvalue weighted by Crippen LogP contribution is 2.07. The molecular formula is C14H27N3O3. The van der Waals surface area contributed by atoms with Crippen molar-refractivity contribution in [2.75, 3.05) is 33.3 Å². The van der Waals surface area contributed by atoms with Crippen LogP contribution >= 0.6 is 0 Å². The van der Waals surface area contributed by atoms with E-state index in [-0.39, 0.29) is 30.5 Å². The number of hydrogen-bond donors (Lipinski definition) is 2. The van der Waals surface area contributed by atoms with Crippen molar-refractivity contribution < 1.29 is 14.3 Å². The number of amides is 2. The van der Waals surface area contributed by atoms with Crippen LogP contribution in [0.3, 0.4) is 0 Å². The maximum absolute atomic E-state index is 11.9. The highest BCUT2D eigenvalue weighted by atomic mass is 16.5. The Morgan fingerprint density at radius 2 is 2.00 bits per heavy atom. The van der Waals surface area contributed by atoms with Gasteiger partial charge in [-0.05, 0) is 39.8 Å². The molecule has 6 nitrogen and oxygen atoms in total. The Bertz CT molecular complexity index is 315. The Kier molecular flexibility index (Phi) is 7.54. The number of rotatable bonds is 7. The van der Waals surface area contributed by atoms with Crippen molar-refractivity contribution >= 4 is 11.8 Å². The van der Waals surface area contributed by atoms with Crippen molar-refractivity contribution in [2.24, 2.45) is 0 Å². The lowest BCUT2D eigenvalue weighted by molar-refractivity contribution is -0.136. The van der Waals surface area contributed by atoms with Crippen LogP contribution in [0, 0.1) is 0 Å². The molecule has 2 amide bonds. The van der Waals surface area contributed by atoms with E-state index in [0.29, 0.717) is 13.0 Å². The van der Waals surface area contributed by atoms with E-state index in [1.807, 2.05) is 13.8 Å². The minimum absolute atomic E-state index is 0.0576. The average molecular weight is 285 g/mol. The summed E-state index contributed by atoms with van der Waals surface area (Å²) in [4.78, 5) is 24.9. The molecule has 1 fully saturated rings. The quantitative estimate of drug-likeness (QED) is 0.697. The van der Waals surface area contributed by atoms with E-state index in [0.717, 1.165) is 25.9 Å². The Labute approximate surface area is 121 Å². The molecule has 0 bridgehead atoms. The number of piperidine rings is 1. The van der Waals surface area contributed by atoms with Crippen LogP contribution in [0.2, 0.25) is 0 Å². The van der Waals surface area contributed by atoms with Crippen LogP contribution in [-0.2, 0) is 14.3 Å². The lowest BCUT2D eigenvalue weighted by Crippen LogP contribution is -2.41.